The third-order valence-electron chi connectivity index (χ3n) is 3.45. The van der Waals surface area contributed by atoms with E-state index in [1.54, 1.807) is 23.3 Å². The number of carboxylic acids is 1. The summed E-state index contributed by atoms with van der Waals surface area (Å²) in [4.78, 5) is 25.2. The number of hydrogen-bond donors (Lipinski definition) is 2. The first kappa shape index (κ1) is 17.5. The Morgan fingerprint density at radius 1 is 1.33 bits per heavy atom. The highest BCUT2D eigenvalue weighted by Gasteiger charge is 2.17. The fraction of sp³-hybridized carbons (Fsp3) is 0.600. The van der Waals surface area contributed by atoms with Gasteiger partial charge in [-0.2, -0.15) is 0 Å². The molecule has 0 bridgehead atoms. The molecular weight excluding hydrogens is 288 g/mol. The van der Waals surface area contributed by atoms with Crippen LogP contribution in [0.15, 0.2) is 17.5 Å². The number of carboxylic acid groups (broad SMARTS) is 1. The van der Waals surface area contributed by atoms with Gasteiger partial charge >= 0.3 is 12.0 Å². The molecule has 0 aliphatic carbocycles. The molecule has 2 N–H and O–H groups in total. The molecule has 0 aromatic carbocycles. The number of carbonyl (C=O) groups excluding carboxylic acids is 1. The summed E-state index contributed by atoms with van der Waals surface area (Å²) in [5.74, 6) is -0.743. The van der Waals surface area contributed by atoms with E-state index in [-0.39, 0.29) is 18.5 Å². The lowest BCUT2D eigenvalue weighted by Gasteiger charge is -2.24. The number of unbranched alkanes of at least 4 members (excludes halogenated alkanes) is 3. The number of rotatable bonds is 9. The number of nitrogens with zero attached hydrogens (tertiary/aromatic N) is 1. The lowest BCUT2D eigenvalue weighted by atomic mass is 10.1. The summed E-state index contributed by atoms with van der Waals surface area (Å²) in [5.41, 5.74) is 0. The van der Waals surface area contributed by atoms with Crippen molar-refractivity contribution in [3.05, 3.63) is 22.4 Å². The topological polar surface area (TPSA) is 69.6 Å². The predicted octanol–water partition coefficient (Wildman–Crippen LogP) is 3.49. The molecule has 1 atom stereocenters. The Morgan fingerprint density at radius 2 is 2.05 bits per heavy atom. The molecule has 0 saturated carbocycles. The predicted molar refractivity (Wildman–Crippen MR) is 84.6 cm³/mol. The van der Waals surface area contributed by atoms with Crippen LogP contribution in [-0.4, -0.2) is 35.6 Å². The van der Waals surface area contributed by atoms with Crippen molar-refractivity contribution < 1.29 is 14.7 Å². The van der Waals surface area contributed by atoms with Crippen molar-refractivity contribution in [3.63, 3.8) is 0 Å². The summed E-state index contributed by atoms with van der Waals surface area (Å²) in [6.45, 7) is 2.64. The highest BCUT2D eigenvalue weighted by molar-refractivity contribution is 7.10. The molecule has 6 heteroatoms. The van der Waals surface area contributed by atoms with Crippen LogP contribution in [0.5, 0.6) is 0 Å². The van der Waals surface area contributed by atoms with Crippen LogP contribution in [0, 0.1) is 0 Å². The van der Waals surface area contributed by atoms with Gasteiger partial charge in [-0.3, -0.25) is 4.79 Å². The molecule has 0 fully saturated rings. The first-order valence-corrected chi connectivity index (χ1v) is 8.16. The minimum absolute atomic E-state index is 0.0681. The molecule has 5 nitrogen and oxygen atoms in total. The minimum Gasteiger partial charge on any atom is -0.481 e. The lowest BCUT2D eigenvalue weighted by Crippen LogP contribution is -2.38. The molecule has 1 unspecified atom stereocenters. The molecule has 118 valence electrons. The van der Waals surface area contributed by atoms with Crippen LogP contribution in [0.3, 0.4) is 0 Å². The zero-order valence-corrected chi connectivity index (χ0v) is 13.5. The second-order valence-electron chi connectivity index (χ2n) is 5.09. The monoisotopic (exact) mass is 312 g/mol. The van der Waals surface area contributed by atoms with Crippen LogP contribution in [0.1, 0.15) is 49.9 Å². The van der Waals surface area contributed by atoms with E-state index in [2.05, 4.69) is 5.32 Å². The molecule has 1 heterocycles. The maximum absolute atomic E-state index is 12.0. The van der Waals surface area contributed by atoms with Crippen LogP contribution in [-0.2, 0) is 4.79 Å². The normalized spacial score (nSPS) is 11.9. The molecule has 21 heavy (non-hydrogen) atoms. The van der Waals surface area contributed by atoms with Crippen molar-refractivity contribution in [1.82, 2.24) is 10.2 Å². The van der Waals surface area contributed by atoms with E-state index in [0.29, 0.717) is 13.0 Å². The van der Waals surface area contributed by atoms with E-state index in [4.69, 9.17) is 5.11 Å². The van der Waals surface area contributed by atoms with Gasteiger partial charge < -0.3 is 15.3 Å². The van der Waals surface area contributed by atoms with Gasteiger partial charge in [0, 0.05) is 24.9 Å². The van der Waals surface area contributed by atoms with E-state index >= 15 is 0 Å². The van der Waals surface area contributed by atoms with Gasteiger partial charge in [0.1, 0.15) is 0 Å². The number of nitrogens with one attached hydrogen (secondary N) is 1. The summed E-state index contributed by atoms with van der Waals surface area (Å²) in [7, 11) is 1.80. The Hall–Kier alpha value is -1.56. The smallest absolute Gasteiger partial charge is 0.317 e. The molecule has 1 aromatic rings. The zero-order chi connectivity index (χ0) is 15.7. The van der Waals surface area contributed by atoms with Gasteiger partial charge in [-0.05, 0) is 31.2 Å². The van der Waals surface area contributed by atoms with E-state index < -0.39 is 5.97 Å². The zero-order valence-electron chi connectivity index (χ0n) is 12.7. The summed E-state index contributed by atoms with van der Waals surface area (Å²) in [6, 6.07) is 4.02. The maximum atomic E-state index is 12.0. The van der Waals surface area contributed by atoms with Crippen LogP contribution in [0.4, 0.5) is 4.79 Å². The van der Waals surface area contributed by atoms with Gasteiger partial charge in [0.05, 0.1) is 6.04 Å². The Morgan fingerprint density at radius 3 is 2.67 bits per heavy atom. The molecule has 1 rings (SSSR count). The quantitative estimate of drug-likeness (QED) is 0.686. The molecule has 1 aromatic heterocycles. The summed E-state index contributed by atoms with van der Waals surface area (Å²) in [6.07, 6.45) is 3.65. The molecule has 0 saturated heterocycles. The molecule has 0 aliphatic rings. The van der Waals surface area contributed by atoms with Crippen molar-refractivity contribution in [3.8, 4) is 0 Å². The van der Waals surface area contributed by atoms with Crippen LogP contribution in [0.2, 0.25) is 0 Å². The highest BCUT2D eigenvalue weighted by atomic mass is 32.1. The third kappa shape index (κ3) is 6.62. The van der Waals surface area contributed by atoms with E-state index in [1.807, 2.05) is 24.4 Å². The maximum Gasteiger partial charge on any atom is 0.317 e. The standard InChI is InChI=1S/C15H24N2O3S/c1-12(13-8-7-11-21-13)17(2)15(20)16-10-6-4-3-5-9-14(18)19/h7-8,11-12H,3-6,9-10H2,1-2H3,(H,16,20)(H,18,19). The largest absolute Gasteiger partial charge is 0.481 e. The second-order valence-corrected chi connectivity index (χ2v) is 6.07. The van der Waals surface area contributed by atoms with Crippen molar-refractivity contribution in [2.75, 3.05) is 13.6 Å². The molecular formula is C15H24N2O3S. The second kappa shape index (κ2) is 9.39. The van der Waals surface area contributed by atoms with Gasteiger partial charge in [-0.1, -0.05) is 18.9 Å². The molecule has 0 aliphatic heterocycles. The molecule has 0 spiro atoms. The van der Waals surface area contributed by atoms with Crippen molar-refractivity contribution in [2.24, 2.45) is 0 Å². The van der Waals surface area contributed by atoms with Gasteiger partial charge in [0.2, 0.25) is 0 Å². The Labute approximate surface area is 130 Å². The first-order valence-electron chi connectivity index (χ1n) is 7.28. The number of aliphatic carboxylic acids is 1. The summed E-state index contributed by atoms with van der Waals surface area (Å²) < 4.78 is 0. The number of amides is 2. The first-order chi connectivity index (χ1) is 10.0. The number of hydrogen-bond acceptors (Lipinski definition) is 3. The number of urea groups is 1. The van der Waals surface area contributed by atoms with Gasteiger partial charge in [-0.25, -0.2) is 4.79 Å². The van der Waals surface area contributed by atoms with Crippen LogP contribution < -0.4 is 5.32 Å². The van der Waals surface area contributed by atoms with E-state index in [9.17, 15) is 9.59 Å². The molecule has 2 amide bonds. The minimum atomic E-state index is -0.743. The SMILES string of the molecule is CC(c1cccs1)N(C)C(=O)NCCCCCCC(=O)O. The van der Waals surface area contributed by atoms with Gasteiger partial charge in [0.25, 0.3) is 0 Å². The van der Waals surface area contributed by atoms with E-state index in [0.717, 1.165) is 19.3 Å². The van der Waals surface area contributed by atoms with Crippen LogP contribution in [0.25, 0.3) is 0 Å². The van der Waals surface area contributed by atoms with Crippen LogP contribution >= 0.6 is 11.3 Å². The fourth-order valence-electron chi connectivity index (χ4n) is 1.97. The molecule has 0 radical (unpaired) electrons. The summed E-state index contributed by atoms with van der Waals surface area (Å²) >= 11 is 1.65. The van der Waals surface area contributed by atoms with Crippen molar-refractivity contribution >= 4 is 23.3 Å². The Kier molecular flexibility index (Phi) is 7.82. The fourth-order valence-corrected chi connectivity index (χ4v) is 2.80. The Balaban J connectivity index is 2.14. The highest BCUT2D eigenvalue weighted by Crippen LogP contribution is 2.23. The average molecular weight is 312 g/mol. The van der Waals surface area contributed by atoms with Crippen molar-refractivity contribution in [2.45, 2.75) is 45.1 Å². The van der Waals surface area contributed by atoms with E-state index in [1.165, 1.54) is 4.88 Å². The average Bonchev–Trinajstić information content (AvgIpc) is 2.98. The lowest BCUT2D eigenvalue weighted by molar-refractivity contribution is -0.137. The Bertz CT molecular complexity index is 434. The van der Waals surface area contributed by atoms with Gasteiger partial charge in [-0.15, -0.1) is 11.3 Å². The third-order valence-corrected chi connectivity index (χ3v) is 4.49. The van der Waals surface area contributed by atoms with Gasteiger partial charge in [0.15, 0.2) is 0 Å². The van der Waals surface area contributed by atoms with Crippen molar-refractivity contribution in [1.29, 1.82) is 0 Å². The summed E-state index contributed by atoms with van der Waals surface area (Å²) in [5, 5.41) is 13.4. The number of thiophene rings is 1. The number of carbonyl (C=O) groups is 2.